The largest absolute Gasteiger partial charge is 0.329 e. The molecule has 1 aromatic carbocycles. The van der Waals surface area contributed by atoms with Crippen molar-refractivity contribution >= 4 is 29.4 Å². The Morgan fingerprint density at radius 3 is 2.69 bits per heavy atom. The molecule has 5 nitrogen and oxygen atoms in total. The van der Waals surface area contributed by atoms with Crippen molar-refractivity contribution in [3.63, 3.8) is 0 Å². The summed E-state index contributed by atoms with van der Waals surface area (Å²) in [5, 5.41) is 12.6. The Kier molecular flexibility index (Phi) is 2.81. The number of nitro benzene ring substituents is 1. The summed E-state index contributed by atoms with van der Waals surface area (Å²) in [6.45, 7) is 0. The monoisotopic (exact) mass is 200 g/mol. The molecule has 1 amide bonds. The maximum absolute atomic E-state index is 10.3. The average Bonchev–Trinajstić information content (AvgIpc) is 2.04. The van der Waals surface area contributed by atoms with Crippen molar-refractivity contribution < 1.29 is 9.72 Å². The normalized spacial score (nSPS) is 9.31. The summed E-state index contributed by atoms with van der Waals surface area (Å²) in [6, 6.07) is 3.95. The number of carbonyl (C=O) groups excluding carboxylic acids is 1. The van der Waals surface area contributed by atoms with Gasteiger partial charge >= 0.3 is 0 Å². The molecule has 0 aliphatic rings. The van der Waals surface area contributed by atoms with E-state index in [4.69, 9.17) is 11.6 Å². The van der Waals surface area contributed by atoms with Gasteiger partial charge in [0.1, 0.15) is 5.02 Å². The third-order valence-electron chi connectivity index (χ3n) is 1.37. The van der Waals surface area contributed by atoms with Gasteiger partial charge < -0.3 is 5.32 Å². The van der Waals surface area contributed by atoms with Crippen LogP contribution in [0.2, 0.25) is 5.02 Å². The molecule has 1 aromatic rings. The van der Waals surface area contributed by atoms with Gasteiger partial charge in [-0.15, -0.1) is 0 Å². The molecule has 0 atom stereocenters. The molecule has 0 saturated carbocycles. The predicted molar refractivity (Wildman–Crippen MR) is 47.8 cm³/mol. The van der Waals surface area contributed by atoms with E-state index in [1.165, 1.54) is 18.2 Å². The van der Waals surface area contributed by atoms with Crippen LogP contribution in [0, 0.1) is 10.1 Å². The van der Waals surface area contributed by atoms with Crippen LogP contribution in [0.1, 0.15) is 0 Å². The van der Waals surface area contributed by atoms with E-state index in [9.17, 15) is 14.9 Å². The van der Waals surface area contributed by atoms with Crippen molar-refractivity contribution in [2.45, 2.75) is 0 Å². The first-order valence-electron chi connectivity index (χ1n) is 3.29. The second-order valence-corrected chi connectivity index (χ2v) is 2.59. The molecule has 68 valence electrons. The first-order chi connectivity index (χ1) is 6.15. The van der Waals surface area contributed by atoms with Crippen LogP contribution >= 0.6 is 11.6 Å². The number of carbonyl (C=O) groups is 1. The maximum Gasteiger partial charge on any atom is 0.288 e. The number of nitro groups is 1. The van der Waals surface area contributed by atoms with Gasteiger partial charge in [0.05, 0.1) is 4.92 Å². The standard InChI is InChI=1S/C7H5ClN2O3/c8-6-3-5(9-4-11)1-2-7(6)10(12)13/h1-4H,(H,9,11). The zero-order valence-corrected chi connectivity index (χ0v) is 7.12. The van der Waals surface area contributed by atoms with Crippen LogP contribution in [0.4, 0.5) is 11.4 Å². The van der Waals surface area contributed by atoms with Crippen LogP contribution in [0.15, 0.2) is 18.2 Å². The molecule has 0 aliphatic carbocycles. The lowest BCUT2D eigenvalue weighted by molar-refractivity contribution is -0.384. The molecule has 13 heavy (non-hydrogen) atoms. The highest BCUT2D eigenvalue weighted by Crippen LogP contribution is 2.26. The number of hydrogen-bond donors (Lipinski definition) is 1. The first-order valence-corrected chi connectivity index (χ1v) is 3.67. The van der Waals surface area contributed by atoms with E-state index in [1.807, 2.05) is 0 Å². The number of amides is 1. The van der Waals surface area contributed by atoms with Crippen molar-refractivity contribution in [2.75, 3.05) is 5.32 Å². The predicted octanol–water partition coefficient (Wildman–Crippen LogP) is 1.82. The number of nitrogens with zero attached hydrogens (tertiary/aromatic N) is 1. The summed E-state index contributed by atoms with van der Waals surface area (Å²) in [4.78, 5) is 19.7. The molecular formula is C7H5ClN2O3. The summed E-state index contributed by atoms with van der Waals surface area (Å²) in [5.41, 5.74) is 0.240. The van der Waals surface area contributed by atoms with E-state index in [-0.39, 0.29) is 10.7 Å². The minimum absolute atomic E-state index is 0.00292. The molecule has 1 N–H and O–H groups in total. The summed E-state index contributed by atoms with van der Waals surface area (Å²) in [7, 11) is 0. The van der Waals surface area contributed by atoms with E-state index in [1.54, 1.807) is 0 Å². The van der Waals surface area contributed by atoms with Crippen molar-refractivity contribution in [1.29, 1.82) is 0 Å². The molecule has 1 rings (SSSR count). The fourth-order valence-corrected chi connectivity index (χ4v) is 1.06. The Balaban J connectivity index is 3.05. The number of nitrogens with one attached hydrogen (secondary N) is 1. The highest BCUT2D eigenvalue weighted by molar-refractivity contribution is 6.33. The minimum atomic E-state index is -0.590. The van der Waals surface area contributed by atoms with Gasteiger partial charge in [-0.1, -0.05) is 11.6 Å². The molecule has 0 spiro atoms. The molecule has 0 radical (unpaired) electrons. The molecule has 0 heterocycles. The molecule has 0 fully saturated rings. The van der Waals surface area contributed by atoms with E-state index in [0.717, 1.165) is 0 Å². The number of benzene rings is 1. The molecule has 0 bridgehead atoms. The van der Waals surface area contributed by atoms with E-state index >= 15 is 0 Å². The Morgan fingerprint density at radius 1 is 1.54 bits per heavy atom. The third-order valence-corrected chi connectivity index (χ3v) is 1.67. The van der Waals surface area contributed by atoms with Gasteiger partial charge in [0.15, 0.2) is 0 Å². The molecule has 0 aromatic heterocycles. The van der Waals surface area contributed by atoms with Gasteiger partial charge in [0.25, 0.3) is 5.69 Å². The third kappa shape index (κ3) is 2.16. The highest BCUT2D eigenvalue weighted by atomic mass is 35.5. The van der Waals surface area contributed by atoms with Crippen LogP contribution in [0.3, 0.4) is 0 Å². The van der Waals surface area contributed by atoms with E-state index in [2.05, 4.69) is 5.32 Å². The maximum atomic E-state index is 10.3. The zero-order chi connectivity index (χ0) is 9.84. The fraction of sp³-hybridized carbons (Fsp3) is 0. The van der Waals surface area contributed by atoms with Gasteiger partial charge in [-0.3, -0.25) is 14.9 Å². The van der Waals surface area contributed by atoms with Crippen LogP contribution < -0.4 is 5.32 Å². The second-order valence-electron chi connectivity index (χ2n) is 2.19. The zero-order valence-electron chi connectivity index (χ0n) is 6.36. The first kappa shape index (κ1) is 9.47. The quantitative estimate of drug-likeness (QED) is 0.460. The lowest BCUT2D eigenvalue weighted by atomic mass is 10.3. The van der Waals surface area contributed by atoms with E-state index in [0.29, 0.717) is 12.1 Å². The van der Waals surface area contributed by atoms with Crippen LogP contribution in [-0.4, -0.2) is 11.3 Å². The van der Waals surface area contributed by atoms with Gasteiger partial charge in [-0.2, -0.15) is 0 Å². The molecule has 0 saturated heterocycles. The van der Waals surface area contributed by atoms with Gasteiger partial charge in [0, 0.05) is 11.8 Å². The Hall–Kier alpha value is -1.62. The molecule has 0 unspecified atom stereocenters. The lowest BCUT2D eigenvalue weighted by Gasteiger charge is -1.99. The van der Waals surface area contributed by atoms with E-state index < -0.39 is 4.92 Å². The smallest absolute Gasteiger partial charge is 0.288 e. The second kappa shape index (κ2) is 3.86. The van der Waals surface area contributed by atoms with Crippen LogP contribution in [0.25, 0.3) is 0 Å². The summed E-state index contributed by atoms with van der Waals surface area (Å²) in [6.07, 6.45) is 0.470. The van der Waals surface area contributed by atoms with Gasteiger partial charge in [-0.05, 0) is 12.1 Å². The minimum Gasteiger partial charge on any atom is -0.329 e. The average molecular weight is 201 g/mol. The number of rotatable bonds is 3. The summed E-state index contributed by atoms with van der Waals surface area (Å²) >= 11 is 5.56. The summed E-state index contributed by atoms with van der Waals surface area (Å²) in [5.74, 6) is 0. The Bertz CT molecular complexity index is 354. The van der Waals surface area contributed by atoms with Crippen LogP contribution in [-0.2, 0) is 4.79 Å². The topological polar surface area (TPSA) is 72.2 Å². The summed E-state index contributed by atoms with van der Waals surface area (Å²) < 4.78 is 0. The number of halogens is 1. The van der Waals surface area contributed by atoms with Crippen molar-refractivity contribution in [1.82, 2.24) is 0 Å². The Morgan fingerprint density at radius 2 is 2.23 bits per heavy atom. The fourth-order valence-electron chi connectivity index (χ4n) is 0.813. The number of anilines is 1. The highest BCUT2D eigenvalue weighted by Gasteiger charge is 2.11. The van der Waals surface area contributed by atoms with Crippen LogP contribution in [0.5, 0.6) is 0 Å². The van der Waals surface area contributed by atoms with Crippen molar-refractivity contribution in [2.24, 2.45) is 0 Å². The van der Waals surface area contributed by atoms with Gasteiger partial charge in [-0.25, -0.2) is 0 Å². The molecule has 6 heteroatoms. The molecular weight excluding hydrogens is 196 g/mol. The van der Waals surface area contributed by atoms with Gasteiger partial charge in [0.2, 0.25) is 6.41 Å². The van der Waals surface area contributed by atoms with Crippen molar-refractivity contribution in [3.8, 4) is 0 Å². The SMILES string of the molecule is O=CNc1ccc([N+](=O)[O-])c(Cl)c1. The molecule has 0 aliphatic heterocycles. The van der Waals surface area contributed by atoms with Crippen molar-refractivity contribution in [3.05, 3.63) is 33.3 Å². The Labute approximate surface area is 78.5 Å². The lowest BCUT2D eigenvalue weighted by Crippen LogP contribution is -1.95. The number of hydrogen-bond acceptors (Lipinski definition) is 3.